The van der Waals surface area contributed by atoms with E-state index in [0.29, 0.717) is 17.5 Å². The van der Waals surface area contributed by atoms with Gasteiger partial charge in [0, 0.05) is 51.6 Å². The molecule has 0 saturated heterocycles. The molecule has 11 aromatic rings. The number of pyridine rings is 3. The van der Waals surface area contributed by atoms with E-state index in [1.165, 1.54) is 21.5 Å². The summed E-state index contributed by atoms with van der Waals surface area (Å²) in [5, 5.41) is 6.81. The summed E-state index contributed by atoms with van der Waals surface area (Å²) < 4.78 is 0. The third-order valence-corrected chi connectivity index (χ3v) is 10.8. The zero-order chi connectivity index (χ0) is 38.4. The number of aromatic nitrogens is 6. The maximum atomic E-state index is 5.15. The highest BCUT2D eigenvalue weighted by Gasteiger charge is 2.17. The van der Waals surface area contributed by atoms with Crippen molar-refractivity contribution in [1.82, 2.24) is 29.9 Å². The Morgan fingerprint density at radius 1 is 0.328 bits per heavy atom. The Balaban J connectivity index is 1.13. The molecule has 270 valence electrons. The van der Waals surface area contributed by atoms with Gasteiger partial charge in [0.25, 0.3) is 0 Å². The predicted octanol–water partition coefficient (Wildman–Crippen LogP) is 12.7. The molecule has 0 aliphatic heterocycles. The van der Waals surface area contributed by atoms with Crippen LogP contribution in [-0.2, 0) is 0 Å². The van der Waals surface area contributed by atoms with Gasteiger partial charge in [0.05, 0.1) is 16.7 Å². The molecular weight excluding hydrogens is 709 g/mol. The minimum atomic E-state index is 0.603. The molecule has 4 aromatic heterocycles. The average Bonchev–Trinajstić information content (AvgIpc) is 3.31. The van der Waals surface area contributed by atoms with E-state index in [4.69, 9.17) is 19.9 Å². The van der Waals surface area contributed by atoms with Crippen molar-refractivity contribution in [1.29, 1.82) is 0 Å². The molecule has 0 radical (unpaired) electrons. The first-order valence-corrected chi connectivity index (χ1v) is 19.3. The number of nitrogens with zero attached hydrogens (tertiary/aromatic N) is 6. The molecule has 0 fully saturated rings. The van der Waals surface area contributed by atoms with Gasteiger partial charge < -0.3 is 0 Å². The second-order valence-corrected chi connectivity index (χ2v) is 14.4. The molecule has 0 saturated carbocycles. The van der Waals surface area contributed by atoms with Crippen molar-refractivity contribution in [2.75, 3.05) is 0 Å². The van der Waals surface area contributed by atoms with Gasteiger partial charge in [-0.2, -0.15) is 0 Å². The summed E-state index contributed by atoms with van der Waals surface area (Å²) in [6.07, 6.45) is 5.49. The highest BCUT2D eigenvalue weighted by molar-refractivity contribution is 6.14. The predicted molar refractivity (Wildman–Crippen MR) is 236 cm³/mol. The molecule has 0 aliphatic rings. The fourth-order valence-corrected chi connectivity index (χ4v) is 8.02. The maximum absolute atomic E-state index is 5.15. The lowest BCUT2D eigenvalue weighted by Gasteiger charge is -2.15. The van der Waals surface area contributed by atoms with Gasteiger partial charge in [-0.1, -0.05) is 133 Å². The summed E-state index contributed by atoms with van der Waals surface area (Å²) in [4.78, 5) is 29.4. The molecule has 0 N–H and O–H groups in total. The van der Waals surface area contributed by atoms with E-state index in [-0.39, 0.29) is 0 Å². The van der Waals surface area contributed by atoms with E-state index in [1.807, 2.05) is 91.3 Å². The van der Waals surface area contributed by atoms with Crippen LogP contribution in [0.3, 0.4) is 0 Å². The third-order valence-electron chi connectivity index (χ3n) is 10.8. The lowest BCUT2D eigenvalue weighted by Crippen LogP contribution is -2.00. The fraction of sp³-hybridized carbons (Fsp3) is 0. The van der Waals surface area contributed by atoms with E-state index in [0.717, 1.165) is 72.0 Å². The molecule has 0 amide bonds. The Bertz CT molecular complexity index is 3270. The van der Waals surface area contributed by atoms with Gasteiger partial charge in [-0.3, -0.25) is 9.97 Å². The summed E-state index contributed by atoms with van der Waals surface area (Å²) in [6, 6.07) is 61.1. The summed E-state index contributed by atoms with van der Waals surface area (Å²) in [6.45, 7) is 0. The Morgan fingerprint density at radius 3 is 1.67 bits per heavy atom. The normalized spacial score (nSPS) is 11.4. The second kappa shape index (κ2) is 14.0. The fourth-order valence-electron chi connectivity index (χ4n) is 8.02. The van der Waals surface area contributed by atoms with Crippen LogP contribution in [0.15, 0.2) is 195 Å². The van der Waals surface area contributed by atoms with E-state index in [9.17, 15) is 0 Å². The van der Waals surface area contributed by atoms with Gasteiger partial charge in [-0.15, -0.1) is 0 Å². The van der Waals surface area contributed by atoms with Crippen LogP contribution in [0.2, 0.25) is 0 Å². The zero-order valence-corrected chi connectivity index (χ0v) is 31.2. The van der Waals surface area contributed by atoms with E-state index >= 15 is 0 Å². The number of hydrogen-bond donors (Lipinski definition) is 0. The van der Waals surface area contributed by atoms with Crippen molar-refractivity contribution in [2.24, 2.45) is 0 Å². The first kappa shape index (κ1) is 33.4. The molecule has 6 nitrogen and oxygen atoms in total. The highest BCUT2D eigenvalue weighted by Crippen LogP contribution is 2.40. The summed E-state index contributed by atoms with van der Waals surface area (Å²) in [5.74, 6) is 1.85. The standard InChI is InChI=1S/C52H32N6/c1-3-12-35(13-4-1)50-56-51(36-14-5-2-6-15-36)58-52(57-50)40-29-38(28-39(30-40)45-31-37-16-7-8-17-41(37)42-18-9-10-19-43(42)45)33-21-23-34(24-22-33)48-44-25-27-53-32-46(44)49-47(55-48)20-11-26-54-49/h1-32H. The summed E-state index contributed by atoms with van der Waals surface area (Å²) >= 11 is 0. The number of benzene rings is 7. The molecule has 7 aromatic carbocycles. The van der Waals surface area contributed by atoms with Crippen LogP contribution in [0.4, 0.5) is 0 Å². The van der Waals surface area contributed by atoms with Crippen molar-refractivity contribution in [2.45, 2.75) is 0 Å². The lowest BCUT2D eigenvalue weighted by molar-refractivity contribution is 1.07. The average molecular weight is 741 g/mol. The summed E-state index contributed by atoms with van der Waals surface area (Å²) in [5.41, 5.74) is 10.7. The van der Waals surface area contributed by atoms with Crippen molar-refractivity contribution in [3.05, 3.63) is 195 Å². The van der Waals surface area contributed by atoms with Crippen LogP contribution < -0.4 is 0 Å². The molecule has 0 unspecified atom stereocenters. The van der Waals surface area contributed by atoms with Gasteiger partial charge in [-0.25, -0.2) is 19.9 Å². The van der Waals surface area contributed by atoms with Crippen LogP contribution >= 0.6 is 0 Å². The van der Waals surface area contributed by atoms with Crippen molar-refractivity contribution >= 4 is 43.4 Å². The van der Waals surface area contributed by atoms with Crippen molar-refractivity contribution in [3.63, 3.8) is 0 Å². The molecule has 6 heteroatoms. The largest absolute Gasteiger partial charge is 0.264 e. The monoisotopic (exact) mass is 740 g/mol. The number of hydrogen-bond acceptors (Lipinski definition) is 6. The molecule has 11 rings (SSSR count). The molecule has 4 heterocycles. The Morgan fingerprint density at radius 2 is 0.931 bits per heavy atom. The highest BCUT2D eigenvalue weighted by atomic mass is 15.0. The quantitative estimate of drug-likeness (QED) is 0.158. The lowest BCUT2D eigenvalue weighted by atomic mass is 9.90. The molecule has 0 spiro atoms. The Kier molecular flexibility index (Phi) is 8.04. The van der Waals surface area contributed by atoms with E-state index < -0.39 is 0 Å². The van der Waals surface area contributed by atoms with Crippen LogP contribution in [0.5, 0.6) is 0 Å². The van der Waals surface area contributed by atoms with Crippen LogP contribution in [-0.4, -0.2) is 29.9 Å². The van der Waals surface area contributed by atoms with Crippen molar-refractivity contribution in [3.8, 4) is 67.7 Å². The third kappa shape index (κ3) is 5.92. The van der Waals surface area contributed by atoms with Gasteiger partial charge in [-0.05, 0) is 86.3 Å². The first-order chi connectivity index (χ1) is 28.7. The molecule has 0 aliphatic carbocycles. The van der Waals surface area contributed by atoms with Crippen LogP contribution in [0, 0.1) is 0 Å². The SMILES string of the molecule is c1ccc(-c2nc(-c3ccccc3)nc(-c3cc(-c4ccc(-c5nc6cccnc6c6cnccc56)cc4)cc(-c4cc5ccccc5c5ccccc45)c3)n2)cc1. The summed E-state index contributed by atoms with van der Waals surface area (Å²) in [7, 11) is 0. The molecule has 0 bridgehead atoms. The number of rotatable bonds is 6. The van der Waals surface area contributed by atoms with E-state index in [2.05, 4.69) is 107 Å². The smallest absolute Gasteiger partial charge is 0.164 e. The topological polar surface area (TPSA) is 77.3 Å². The molecule has 0 atom stereocenters. The van der Waals surface area contributed by atoms with Crippen LogP contribution in [0.1, 0.15) is 0 Å². The van der Waals surface area contributed by atoms with Gasteiger partial charge in [0.15, 0.2) is 17.5 Å². The van der Waals surface area contributed by atoms with Gasteiger partial charge >= 0.3 is 0 Å². The van der Waals surface area contributed by atoms with Gasteiger partial charge in [0.1, 0.15) is 0 Å². The van der Waals surface area contributed by atoms with Crippen LogP contribution in [0.25, 0.3) is 111 Å². The Hall–Kier alpha value is -7.96. The van der Waals surface area contributed by atoms with Crippen molar-refractivity contribution < 1.29 is 0 Å². The minimum absolute atomic E-state index is 0.603. The molecular formula is C52H32N6. The second-order valence-electron chi connectivity index (χ2n) is 14.4. The van der Waals surface area contributed by atoms with E-state index in [1.54, 1.807) is 6.20 Å². The van der Waals surface area contributed by atoms with Gasteiger partial charge in [0.2, 0.25) is 0 Å². The molecule has 58 heavy (non-hydrogen) atoms. The maximum Gasteiger partial charge on any atom is 0.164 e. The Labute approximate surface area is 334 Å². The number of fused-ring (bicyclic) bond motifs is 6. The zero-order valence-electron chi connectivity index (χ0n) is 31.2. The first-order valence-electron chi connectivity index (χ1n) is 19.3. The minimum Gasteiger partial charge on any atom is -0.264 e.